The maximum atomic E-state index is 13.2. The van der Waals surface area contributed by atoms with E-state index in [1.807, 2.05) is 6.92 Å². The Morgan fingerprint density at radius 3 is 2.55 bits per heavy atom. The van der Waals surface area contributed by atoms with Crippen LogP contribution in [0.3, 0.4) is 0 Å². The Labute approximate surface area is 198 Å². The second-order valence-electron chi connectivity index (χ2n) is 7.75. The van der Waals surface area contributed by atoms with E-state index in [0.717, 1.165) is 16.3 Å². The van der Waals surface area contributed by atoms with Crippen LogP contribution in [0.25, 0.3) is 0 Å². The zero-order valence-corrected chi connectivity index (χ0v) is 20.0. The molecule has 3 rings (SSSR count). The Kier molecular flexibility index (Phi) is 7.76. The lowest BCUT2D eigenvalue weighted by atomic mass is 10.1. The number of amides is 3. The van der Waals surface area contributed by atoms with Gasteiger partial charge in [-0.1, -0.05) is 42.8 Å². The molecule has 1 aliphatic rings. The predicted octanol–water partition coefficient (Wildman–Crippen LogP) is 2.82. The molecule has 2 aromatic carbocycles. The lowest BCUT2D eigenvalue weighted by molar-refractivity contribution is -0.140. The van der Waals surface area contributed by atoms with E-state index >= 15 is 0 Å². The van der Waals surface area contributed by atoms with E-state index in [2.05, 4.69) is 5.32 Å². The lowest BCUT2D eigenvalue weighted by Crippen LogP contribution is -2.48. The summed E-state index contributed by atoms with van der Waals surface area (Å²) in [7, 11) is -4.01. The summed E-state index contributed by atoms with van der Waals surface area (Å²) in [6, 6.07) is 12.1. The topological polar surface area (TPSA) is 104 Å². The van der Waals surface area contributed by atoms with Crippen molar-refractivity contribution < 1.29 is 22.8 Å². The number of carbonyl (C=O) groups excluding carboxylic acids is 3. The molecule has 0 unspecified atom stereocenters. The highest BCUT2D eigenvalue weighted by Gasteiger charge is 2.41. The Balaban J connectivity index is 1.78. The summed E-state index contributed by atoms with van der Waals surface area (Å²) in [6.45, 7) is 3.80. The number of sulfonamides is 1. The molecule has 0 saturated carbocycles. The van der Waals surface area contributed by atoms with Crippen LogP contribution in [0.2, 0.25) is 5.02 Å². The Morgan fingerprint density at radius 2 is 1.88 bits per heavy atom. The van der Waals surface area contributed by atoms with E-state index in [9.17, 15) is 22.8 Å². The number of fused-ring (bicyclic) bond motifs is 1. The predicted molar refractivity (Wildman–Crippen MR) is 124 cm³/mol. The molecule has 0 fully saturated rings. The van der Waals surface area contributed by atoms with Gasteiger partial charge in [0.2, 0.25) is 11.8 Å². The Morgan fingerprint density at radius 1 is 1.15 bits per heavy atom. The molecular formula is C23H26ClN3O5S. The molecule has 0 spiro atoms. The normalized spacial score (nSPS) is 15.1. The minimum Gasteiger partial charge on any atom is -0.354 e. The standard InChI is InChI=1S/C23H26ClN3O5S/c1-3-12-25-22(29)16(2)26(15-17-7-6-8-18(24)14-17)21(28)11-13-27-23(30)19-9-4-5-10-20(19)33(27,31)32/h4-10,14,16H,3,11-13,15H2,1-2H3,(H,25,29)/t16-/m1/s1. The number of halogens is 1. The molecule has 0 aliphatic carbocycles. The number of benzene rings is 2. The first-order chi connectivity index (χ1) is 15.7. The Hall–Kier alpha value is -2.91. The second-order valence-corrected chi connectivity index (χ2v) is 10.0. The van der Waals surface area contributed by atoms with Crippen LogP contribution in [-0.2, 0) is 26.2 Å². The number of hydrogen-bond acceptors (Lipinski definition) is 5. The average Bonchev–Trinajstić information content (AvgIpc) is 2.99. The van der Waals surface area contributed by atoms with Gasteiger partial charge in [-0.2, -0.15) is 0 Å². The van der Waals surface area contributed by atoms with E-state index in [0.29, 0.717) is 11.6 Å². The molecule has 1 N–H and O–H groups in total. The summed E-state index contributed by atoms with van der Waals surface area (Å²) in [4.78, 5) is 39.7. The number of nitrogens with zero attached hydrogens (tertiary/aromatic N) is 2. The van der Waals surface area contributed by atoms with Crippen LogP contribution in [-0.4, -0.2) is 54.5 Å². The van der Waals surface area contributed by atoms with Crippen molar-refractivity contribution in [1.29, 1.82) is 0 Å². The summed E-state index contributed by atoms with van der Waals surface area (Å²) >= 11 is 6.06. The molecule has 0 aromatic heterocycles. The van der Waals surface area contributed by atoms with Crippen molar-refractivity contribution >= 4 is 39.3 Å². The second kappa shape index (κ2) is 10.4. The van der Waals surface area contributed by atoms with Gasteiger partial charge in [-0.25, -0.2) is 12.7 Å². The van der Waals surface area contributed by atoms with Gasteiger partial charge in [-0.3, -0.25) is 14.4 Å². The van der Waals surface area contributed by atoms with Crippen LogP contribution in [0.1, 0.15) is 42.6 Å². The van der Waals surface area contributed by atoms with Gasteiger partial charge in [0, 0.05) is 31.1 Å². The molecule has 10 heteroatoms. The molecule has 176 valence electrons. The van der Waals surface area contributed by atoms with Crippen molar-refractivity contribution in [3.8, 4) is 0 Å². The highest BCUT2D eigenvalue weighted by atomic mass is 35.5. The fourth-order valence-electron chi connectivity index (χ4n) is 3.60. The van der Waals surface area contributed by atoms with Crippen LogP contribution < -0.4 is 5.32 Å². The van der Waals surface area contributed by atoms with Crippen LogP contribution in [0.15, 0.2) is 53.4 Å². The first-order valence-electron chi connectivity index (χ1n) is 10.6. The zero-order valence-electron chi connectivity index (χ0n) is 18.5. The van der Waals surface area contributed by atoms with Gasteiger partial charge in [0.05, 0.1) is 5.56 Å². The van der Waals surface area contributed by atoms with Crippen molar-refractivity contribution in [1.82, 2.24) is 14.5 Å². The quantitative estimate of drug-likeness (QED) is 0.581. The van der Waals surface area contributed by atoms with Gasteiger partial charge in [0.25, 0.3) is 15.9 Å². The molecule has 33 heavy (non-hydrogen) atoms. The number of nitrogens with one attached hydrogen (secondary N) is 1. The highest BCUT2D eigenvalue weighted by molar-refractivity contribution is 7.90. The molecule has 8 nitrogen and oxygen atoms in total. The van der Waals surface area contributed by atoms with Crippen molar-refractivity contribution in [2.45, 2.75) is 44.2 Å². The van der Waals surface area contributed by atoms with Gasteiger partial charge in [0.1, 0.15) is 10.9 Å². The smallest absolute Gasteiger partial charge is 0.269 e. The van der Waals surface area contributed by atoms with Crippen LogP contribution in [0, 0.1) is 0 Å². The maximum absolute atomic E-state index is 13.2. The van der Waals surface area contributed by atoms with E-state index in [1.54, 1.807) is 43.3 Å². The molecule has 2 aromatic rings. The van der Waals surface area contributed by atoms with Crippen molar-refractivity contribution in [2.24, 2.45) is 0 Å². The van der Waals surface area contributed by atoms with Crippen LogP contribution in [0.5, 0.6) is 0 Å². The molecule has 0 saturated heterocycles. The van der Waals surface area contributed by atoms with Gasteiger partial charge >= 0.3 is 0 Å². The van der Waals surface area contributed by atoms with Gasteiger partial charge in [-0.15, -0.1) is 0 Å². The monoisotopic (exact) mass is 491 g/mol. The summed E-state index contributed by atoms with van der Waals surface area (Å²) in [5.41, 5.74) is 0.816. The Bertz CT molecular complexity index is 1170. The molecular weight excluding hydrogens is 466 g/mol. The van der Waals surface area contributed by atoms with Gasteiger partial charge in [-0.05, 0) is 43.2 Å². The summed E-state index contributed by atoms with van der Waals surface area (Å²) < 4.78 is 26.3. The average molecular weight is 492 g/mol. The van der Waals surface area contributed by atoms with Gasteiger partial charge < -0.3 is 10.2 Å². The minimum absolute atomic E-state index is 0.0643. The maximum Gasteiger partial charge on any atom is 0.269 e. The number of hydrogen-bond donors (Lipinski definition) is 1. The first-order valence-corrected chi connectivity index (χ1v) is 12.5. The molecule has 3 amide bonds. The fraction of sp³-hybridized carbons (Fsp3) is 0.348. The van der Waals surface area contributed by atoms with E-state index in [-0.39, 0.29) is 35.9 Å². The van der Waals surface area contributed by atoms with Crippen molar-refractivity contribution in [3.63, 3.8) is 0 Å². The molecule has 1 aliphatic heterocycles. The fourth-order valence-corrected chi connectivity index (χ4v) is 5.39. The van der Waals surface area contributed by atoms with E-state index in [4.69, 9.17) is 11.6 Å². The minimum atomic E-state index is -4.01. The largest absolute Gasteiger partial charge is 0.354 e. The van der Waals surface area contributed by atoms with E-state index in [1.165, 1.54) is 17.0 Å². The summed E-state index contributed by atoms with van der Waals surface area (Å²) in [5.74, 6) is -1.42. The highest BCUT2D eigenvalue weighted by Crippen LogP contribution is 2.30. The number of rotatable bonds is 9. The third-order valence-electron chi connectivity index (χ3n) is 5.40. The SMILES string of the molecule is CCCNC(=O)[C@@H](C)N(Cc1cccc(Cl)c1)C(=O)CCN1C(=O)c2ccccc2S1(=O)=O. The first kappa shape index (κ1) is 24.7. The van der Waals surface area contributed by atoms with Crippen molar-refractivity contribution in [3.05, 3.63) is 64.7 Å². The van der Waals surface area contributed by atoms with Crippen LogP contribution in [0.4, 0.5) is 0 Å². The van der Waals surface area contributed by atoms with Crippen molar-refractivity contribution in [2.75, 3.05) is 13.1 Å². The number of carbonyl (C=O) groups is 3. The molecule has 0 bridgehead atoms. The van der Waals surface area contributed by atoms with Gasteiger partial charge in [0.15, 0.2) is 0 Å². The molecule has 1 atom stereocenters. The lowest BCUT2D eigenvalue weighted by Gasteiger charge is -2.29. The van der Waals surface area contributed by atoms with Crippen LogP contribution >= 0.6 is 11.6 Å². The summed E-state index contributed by atoms with van der Waals surface area (Å²) in [6.07, 6.45) is 0.487. The zero-order chi connectivity index (χ0) is 24.2. The van der Waals surface area contributed by atoms with E-state index < -0.39 is 27.9 Å². The molecule has 1 heterocycles. The summed E-state index contributed by atoms with van der Waals surface area (Å²) in [5, 5.41) is 3.27. The third kappa shape index (κ3) is 5.36. The molecule has 0 radical (unpaired) electrons. The third-order valence-corrected chi connectivity index (χ3v) is 7.47.